The number of nitrogens with two attached hydrogens (primary N) is 2. The molecule has 0 saturated heterocycles. The predicted molar refractivity (Wildman–Crippen MR) is 142 cm³/mol. The SMILES string of the molecule is CC1(C)C2CC[C@]3(C)[C@H](C(=O)C=C4[C@H]5C[C@@](C)(C(N)=O)CC[C@]5(C)CC[C@]43C)[C@@]2(C)CC[C@H]1C(N)O. The molecule has 0 aromatic carbocycles. The van der Waals surface area contributed by atoms with Gasteiger partial charge in [-0.25, -0.2) is 0 Å². The summed E-state index contributed by atoms with van der Waals surface area (Å²) in [5, 5.41) is 10.4. The molecule has 0 radical (unpaired) electrons. The van der Waals surface area contributed by atoms with Gasteiger partial charge in [0.25, 0.3) is 0 Å². The molecule has 5 heteroatoms. The number of carbonyl (C=O) groups excluding carboxylic acids is 2. The van der Waals surface area contributed by atoms with Gasteiger partial charge in [0.05, 0.1) is 0 Å². The standard InChI is InChI=1S/C31H50N2O3/c1-26(2)18(24(32)35)8-10-29(5)22(26)9-11-31(7)23(29)21(34)16-19-20-17-28(4,25(33)36)13-12-27(20,3)14-15-30(19,31)6/h16,18,20,22-24,35H,8-15,17,32H2,1-7H3,(H2,33,36)/t18-,20+,22?,23+,24?,27+,28-,29-,30+,31+/m0/s1. The first-order chi connectivity index (χ1) is 16.5. The lowest BCUT2D eigenvalue weighted by atomic mass is 9.33. The van der Waals surface area contributed by atoms with Crippen molar-refractivity contribution in [2.24, 2.45) is 67.6 Å². The first kappa shape index (κ1) is 26.4. The van der Waals surface area contributed by atoms with Crippen LogP contribution < -0.4 is 11.5 Å². The van der Waals surface area contributed by atoms with Gasteiger partial charge in [-0.1, -0.05) is 54.0 Å². The Kier molecular flexibility index (Phi) is 5.64. The Balaban J connectivity index is 1.60. The molecule has 1 amide bonds. The summed E-state index contributed by atoms with van der Waals surface area (Å²) in [4.78, 5) is 26.8. The van der Waals surface area contributed by atoms with E-state index in [1.54, 1.807) is 0 Å². The molecule has 0 aromatic heterocycles. The van der Waals surface area contributed by atoms with Gasteiger partial charge in [0, 0.05) is 17.3 Å². The minimum absolute atomic E-state index is 0.0249. The number of hydrogen-bond donors (Lipinski definition) is 3. The molecular formula is C31H50N2O3. The topological polar surface area (TPSA) is 106 Å². The van der Waals surface area contributed by atoms with Crippen LogP contribution in [0.1, 0.15) is 106 Å². The molecule has 0 aromatic rings. The molecule has 0 bridgehead atoms. The van der Waals surface area contributed by atoms with Crippen molar-refractivity contribution in [1.29, 1.82) is 0 Å². The fraction of sp³-hybridized carbons (Fsp3) is 0.871. The first-order valence-electron chi connectivity index (χ1n) is 14.5. The van der Waals surface area contributed by atoms with E-state index < -0.39 is 11.6 Å². The van der Waals surface area contributed by atoms with Crippen LogP contribution in [-0.2, 0) is 9.59 Å². The van der Waals surface area contributed by atoms with Gasteiger partial charge in [0.1, 0.15) is 6.23 Å². The van der Waals surface area contributed by atoms with E-state index in [-0.39, 0.29) is 50.7 Å². The monoisotopic (exact) mass is 498 g/mol. The second-order valence-corrected chi connectivity index (χ2v) is 15.6. The van der Waals surface area contributed by atoms with Gasteiger partial charge in [-0.2, -0.15) is 0 Å². The number of amides is 1. The summed E-state index contributed by atoms with van der Waals surface area (Å²) in [5.74, 6) is 0.721. The van der Waals surface area contributed by atoms with Crippen LogP contribution in [0.3, 0.4) is 0 Å². The van der Waals surface area contributed by atoms with Crippen molar-refractivity contribution in [3.63, 3.8) is 0 Å². The second kappa shape index (κ2) is 7.68. The van der Waals surface area contributed by atoms with Crippen LogP contribution in [0.4, 0.5) is 0 Å². The number of primary amides is 1. The fourth-order valence-electron chi connectivity index (χ4n) is 11.0. The van der Waals surface area contributed by atoms with E-state index in [9.17, 15) is 14.7 Å². The van der Waals surface area contributed by atoms with Crippen LogP contribution in [0.2, 0.25) is 0 Å². The highest BCUT2D eigenvalue weighted by molar-refractivity contribution is 5.95. The van der Waals surface area contributed by atoms with Gasteiger partial charge in [-0.15, -0.1) is 0 Å². The predicted octanol–water partition coefficient (Wildman–Crippen LogP) is 5.35. The molecule has 0 aliphatic heterocycles. The third kappa shape index (κ3) is 3.14. The third-order valence-corrected chi connectivity index (χ3v) is 13.7. The van der Waals surface area contributed by atoms with Gasteiger partial charge in [0.2, 0.25) is 5.91 Å². The average Bonchev–Trinajstić information content (AvgIpc) is 2.75. The molecule has 4 saturated carbocycles. The molecule has 2 unspecified atom stereocenters. The maximum atomic E-state index is 14.3. The smallest absolute Gasteiger partial charge is 0.223 e. The number of ketones is 1. The Morgan fingerprint density at radius 2 is 1.61 bits per heavy atom. The zero-order valence-corrected chi connectivity index (χ0v) is 23.7. The summed E-state index contributed by atoms with van der Waals surface area (Å²) in [6.45, 7) is 16.2. The molecule has 202 valence electrons. The number of fused-ring (bicyclic) bond motifs is 7. The first-order valence-corrected chi connectivity index (χ1v) is 14.5. The van der Waals surface area contributed by atoms with Crippen molar-refractivity contribution in [3.8, 4) is 0 Å². The van der Waals surface area contributed by atoms with Gasteiger partial charge < -0.3 is 16.6 Å². The molecular weight excluding hydrogens is 448 g/mol. The van der Waals surface area contributed by atoms with Crippen molar-refractivity contribution in [1.82, 2.24) is 0 Å². The number of carbonyl (C=O) groups is 2. The van der Waals surface area contributed by atoms with Crippen LogP contribution >= 0.6 is 0 Å². The lowest BCUT2D eigenvalue weighted by molar-refractivity contribution is -0.200. The maximum absolute atomic E-state index is 14.3. The molecule has 5 rings (SSSR count). The molecule has 10 atom stereocenters. The van der Waals surface area contributed by atoms with E-state index in [4.69, 9.17) is 11.5 Å². The average molecular weight is 499 g/mol. The van der Waals surface area contributed by atoms with E-state index in [1.165, 1.54) is 5.57 Å². The van der Waals surface area contributed by atoms with Crippen LogP contribution in [0, 0.1) is 56.2 Å². The summed E-state index contributed by atoms with van der Waals surface area (Å²) in [6.07, 6.45) is 9.98. The highest BCUT2D eigenvalue weighted by Gasteiger charge is 2.70. The minimum atomic E-state index is -0.814. The summed E-state index contributed by atoms with van der Waals surface area (Å²) in [6, 6.07) is 0. The fourth-order valence-corrected chi connectivity index (χ4v) is 11.0. The van der Waals surface area contributed by atoms with Gasteiger partial charge in [-0.05, 0) is 103 Å². The lowest BCUT2D eigenvalue weighted by Gasteiger charge is -2.71. The minimum Gasteiger partial charge on any atom is -0.379 e. The Morgan fingerprint density at radius 1 is 0.972 bits per heavy atom. The van der Waals surface area contributed by atoms with E-state index in [2.05, 4.69) is 47.6 Å². The van der Waals surface area contributed by atoms with Crippen molar-refractivity contribution in [2.75, 3.05) is 0 Å². The van der Waals surface area contributed by atoms with Crippen molar-refractivity contribution < 1.29 is 14.7 Å². The van der Waals surface area contributed by atoms with E-state index in [0.717, 1.165) is 57.8 Å². The van der Waals surface area contributed by atoms with Gasteiger partial charge >= 0.3 is 0 Å². The molecule has 36 heavy (non-hydrogen) atoms. The molecule has 0 heterocycles. The quantitative estimate of drug-likeness (QED) is 0.446. The van der Waals surface area contributed by atoms with Crippen molar-refractivity contribution >= 4 is 11.7 Å². The van der Waals surface area contributed by atoms with E-state index in [1.807, 2.05) is 6.92 Å². The number of allylic oxidation sites excluding steroid dienone is 2. The van der Waals surface area contributed by atoms with Crippen molar-refractivity contribution in [2.45, 2.75) is 112 Å². The second-order valence-electron chi connectivity index (χ2n) is 15.6. The van der Waals surface area contributed by atoms with Gasteiger partial charge in [0.15, 0.2) is 5.78 Å². The number of hydrogen-bond acceptors (Lipinski definition) is 4. The molecule has 5 nitrogen and oxygen atoms in total. The summed E-state index contributed by atoms with van der Waals surface area (Å²) >= 11 is 0. The zero-order chi connectivity index (χ0) is 26.7. The lowest BCUT2D eigenvalue weighted by Crippen LogP contribution is -2.66. The zero-order valence-electron chi connectivity index (χ0n) is 23.7. The molecule has 5 aliphatic carbocycles. The van der Waals surface area contributed by atoms with Crippen LogP contribution in [0.25, 0.3) is 0 Å². The van der Waals surface area contributed by atoms with Gasteiger partial charge in [-0.3, -0.25) is 9.59 Å². The number of aliphatic hydroxyl groups is 1. The Bertz CT molecular complexity index is 1020. The molecule has 5 aliphatic rings. The number of aliphatic hydroxyl groups excluding tert-OH is 1. The Labute approximate surface area is 218 Å². The highest BCUT2D eigenvalue weighted by atomic mass is 16.3. The largest absolute Gasteiger partial charge is 0.379 e. The Morgan fingerprint density at radius 3 is 2.22 bits per heavy atom. The Hall–Kier alpha value is -1.20. The summed E-state index contributed by atoms with van der Waals surface area (Å²) in [7, 11) is 0. The molecule has 4 fully saturated rings. The summed E-state index contributed by atoms with van der Waals surface area (Å²) < 4.78 is 0. The highest BCUT2D eigenvalue weighted by Crippen LogP contribution is 2.75. The van der Waals surface area contributed by atoms with E-state index >= 15 is 0 Å². The summed E-state index contributed by atoms with van der Waals surface area (Å²) in [5.41, 5.74) is 12.5. The van der Waals surface area contributed by atoms with Crippen LogP contribution in [-0.4, -0.2) is 23.0 Å². The number of rotatable bonds is 2. The molecule has 5 N–H and O–H groups in total. The molecule has 0 spiro atoms. The van der Waals surface area contributed by atoms with Crippen LogP contribution in [0.5, 0.6) is 0 Å². The van der Waals surface area contributed by atoms with Crippen molar-refractivity contribution in [3.05, 3.63) is 11.6 Å². The normalized spacial score (nSPS) is 52.7. The maximum Gasteiger partial charge on any atom is 0.223 e. The van der Waals surface area contributed by atoms with Crippen LogP contribution in [0.15, 0.2) is 11.6 Å². The van der Waals surface area contributed by atoms with E-state index in [0.29, 0.717) is 11.7 Å². The third-order valence-electron chi connectivity index (χ3n) is 13.7.